The first kappa shape index (κ1) is 22.0. The molecule has 0 bridgehead atoms. The molecule has 5 nitrogen and oxygen atoms in total. The van der Waals surface area contributed by atoms with Crippen LogP contribution < -0.4 is 0 Å². The second-order valence-electron chi connectivity index (χ2n) is 9.25. The molecule has 5 heteroatoms. The van der Waals surface area contributed by atoms with E-state index in [-0.39, 0.29) is 11.7 Å². The van der Waals surface area contributed by atoms with Crippen molar-refractivity contribution < 1.29 is 4.79 Å². The number of benzene rings is 2. The monoisotopic (exact) mass is 426 g/mol. The Balaban J connectivity index is 1.93. The number of fused-ring (bicyclic) bond motifs is 1. The third-order valence-corrected chi connectivity index (χ3v) is 7.16. The molecule has 1 saturated carbocycles. The summed E-state index contributed by atoms with van der Waals surface area (Å²) in [6.45, 7) is 4.24. The van der Waals surface area contributed by atoms with Crippen LogP contribution in [0.5, 0.6) is 0 Å². The Labute approximate surface area is 189 Å². The third kappa shape index (κ3) is 3.75. The lowest BCUT2D eigenvalue weighted by Crippen LogP contribution is -2.42. The molecular weight excluding hydrogens is 396 g/mol. The van der Waals surface area contributed by atoms with Gasteiger partial charge in [0, 0.05) is 23.6 Å². The van der Waals surface area contributed by atoms with Gasteiger partial charge >= 0.3 is 0 Å². The van der Waals surface area contributed by atoms with Gasteiger partial charge in [0.1, 0.15) is 5.78 Å². The molecule has 0 radical (unpaired) electrons. The van der Waals surface area contributed by atoms with Crippen LogP contribution in [-0.4, -0.2) is 21.3 Å². The van der Waals surface area contributed by atoms with E-state index in [9.17, 15) is 10.1 Å². The molecule has 1 aliphatic rings. The number of ketones is 1. The number of carbonyl (C=O) groups excluding carboxylic acids is 1. The Kier molecular flexibility index (Phi) is 5.97. The SMILES string of the molecule is CCCC1C(=N)CCC[C@](C)(c2cccc(C#N)c2)[C@@H](c2ccc3c(cnn3C)c2)C1=O. The van der Waals surface area contributed by atoms with E-state index in [1.54, 1.807) is 0 Å². The molecule has 1 aliphatic carbocycles. The molecule has 2 aromatic carbocycles. The number of Topliss-reactive ketones (excluding diaryl/α,β-unsaturated/α-hetero) is 1. The van der Waals surface area contributed by atoms with Crippen LogP contribution in [0.1, 0.15) is 68.6 Å². The smallest absolute Gasteiger partial charge is 0.149 e. The van der Waals surface area contributed by atoms with E-state index in [1.165, 1.54) is 0 Å². The van der Waals surface area contributed by atoms with E-state index in [2.05, 4.69) is 31.1 Å². The molecular formula is C27H30N4O. The first-order chi connectivity index (χ1) is 15.4. The predicted octanol–water partition coefficient (Wildman–Crippen LogP) is 5.68. The number of nitrogens with zero attached hydrogens (tertiary/aromatic N) is 3. The van der Waals surface area contributed by atoms with Crippen molar-refractivity contribution in [2.75, 3.05) is 0 Å². The minimum atomic E-state index is -0.466. The van der Waals surface area contributed by atoms with Gasteiger partial charge in [-0.05, 0) is 61.1 Å². The standard InChI is InChI=1S/C27H30N4O/c1-4-7-22-23(29)10-6-13-27(2,21-9-5-8-18(14-21)16-28)25(26(22)32)19-11-12-24-20(15-19)17-30-31(24)3/h5,8-9,11-12,14-15,17,22,25,29H,4,6-7,10,13H2,1-3H3/t22?,25-,27+/m0/s1. The second-order valence-corrected chi connectivity index (χ2v) is 9.25. The summed E-state index contributed by atoms with van der Waals surface area (Å²) in [6.07, 6.45) is 5.70. The average molecular weight is 427 g/mol. The van der Waals surface area contributed by atoms with E-state index < -0.39 is 11.3 Å². The first-order valence-electron chi connectivity index (χ1n) is 11.4. The Morgan fingerprint density at radius 2 is 2.09 bits per heavy atom. The number of nitrogens with one attached hydrogen (secondary N) is 1. The Hall–Kier alpha value is -3.26. The van der Waals surface area contributed by atoms with Crippen molar-refractivity contribution in [3.8, 4) is 6.07 Å². The zero-order valence-corrected chi connectivity index (χ0v) is 19.1. The highest BCUT2D eigenvalue weighted by Crippen LogP contribution is 2.47. The van der Waals surface area contributed by atoms with Crippen LogP contribution in [-0.2, 0) is 17.3 Å². The summed E-state index contributed by atoms with van der Waals surface area (Å²) in [5.74, 6) is -0.615. The maximum Gasteiger partial charge on any atom is 0.149 e. The van der Waals surface area contributed by atoms with E-state index in [0.29, 0.717) is 24.1 Å². The molecule has 4 rings (SSSR count). The topological polar surface area (TPSA) is 82.5 Å². The molecule has 1 unspecified atom stereocenters. The lowest BCUT2D eigenvalue weighted by molar-refractivity contribution is -0.124. The first-order valence-corrected chi connectivity index (χ1v) is 11.4. The normalized spacial score (nSPS) is 24.2. The highest BCUT2D eigenvalue weighted by atomic mass is 16.1. The molecule has 32 heavy (non-hydrogen) atoms. The minimum Gasteiger partial charge on any atom is -0.309 e. The van der Waals surface area contributed by atoms with Crippen LogP contribution in [0.25, 0.3) is 10.9 Å². The van der Waals surface area contributed by atoms with Gasteiger partial charge in [-0.2, -0.15) is 10.4 Å². The third-order valence-electron chi connectivity index (χ3n) is 7.16. The number of aryl methyl sites for hydroxylation is 1. The Bertz CT molecular complexity index is 1220. The lowest BCUT2D eigenvalue weighted by atomic mass is 9.60. The van der Waals surface area contributed by atoms with Gasteiger partial charge in [0.05, 0.1) is 35.2 Å². The Morgan fingerprint density at radius 1 is 1.28 bits per heavy atom. The molecule has 0 aliphatic heterocycles. The highest BCUT2D eigenvalue weighted by Gasteiger charge is 2.45. The summed E-state index contributed by atoms with van der Waals surface area (Å²) >= 11 is 0. The van der Waals surface area contributed by atoms with Crippen LogP contribution in [0.3, 0.4) is 0 Å². The van der Waals surface area contributed by atoms with Gasteiger partial charge in [0.25, 0.3) is 0 Å². The highest BCUT2D eigenvalue weighted by molar-refractivity contribution is 6.07. The van der Waals surface area contributed by atoms with Crippen molar-refractivity contribution in [1.82, 2.24) is 9.78 Å². The largest absolute Gasteiger partial charge is 0.309 e. The summed E-state index contributed by atoms with van der Waals surface area (Å²) in [4.78, 5) is 14.2. The van der Waals surface area contributed by atoms with E-state index in [4.69, 9.17) is 5.41 Å². The molecule has 0 spiro atoms. The summed E-state index contributed by atoms with van der Waals surface area (Å²) < 4.78 is 1.84. The van der Waals surface area contributed by atoms with Crippen LogP contribution in [0.15, 0.2) is 48.7 Å². The van der Waals surface area contributed by atoms with E-state index in [1.807, 2.05) is 54.3 Å². The zero-order chi connectivity index (χ0) is 22.9. The molecule has 164 valence electrons. The molecule has 1 aromatic heterocycles. The molecule has 0 saturated heterocycles. The summed E-state index contributed by atoms with van der Waals surface area (Å²) in [7, 11) is 1.92. The fourth-order valence-electron chi connectivity index (χ4n) is 5.41. The van der Waals surface area contributed by atoms with Crippen molar-refractivity contribution in [1.29, 1.82) is 10.7 Å². The van der Waals surface area contributed by atoms with Gasteiger partial charge in [-0.3, -0.25) is 9.48 Å². The van der Waals surface area contributed by atoms with Gasteiger partial charge < -0.3 is 5.41 Å². The van der Waals surface area contributed by atoms with Crippen LogP contribution in [0, 0.1) is 22.7 Å². The summed E-state index contributed by atoms with van der Waals surface area (Å²) in [5, 5.41) is 23.5. The van der Waals surface area contributed by atoms with Crippen LogP contribution in [0.4, 0.5) is 0 Å². The number of carbonyl (C=O) groups is 1. The van der Waals surface area contributed by atoms with Gasteiger partial charge in [-0.25, -0.2) is 0 Å². The quantitative estimate of drug-likeness (QED) is 0.583. The van der Waals surface area contributed by atoms with Crippen molar-refractivity contribution in [2.24, 2.45) is 13.0 Å². The second kappa shape index (κ2) is 8.70. The Morgan fingerprint density at radius 3 is 2.84 bits per heavy atom. The van der Waals surface area contributed by atoms with Crippen molar-refractivity contribution >= 4 is 22.4 Å². The van der Waals surface area contributed by atoms with Crippen molar-refractivity contribution in [2.45, 2.75) is 57.3 Å². The van der Waals surface area contributed by atoms with Gasteiger partial charge in [0.15, 0.2) is 0 Å². The van der Waals surface area contributed by atoms with Gasteiger partial charge in [-0.15, -0.1) is 0 Å². The number of hydrogen-bond donors (Lipinski definition) is 1. The summed E-state index contributed by atoms with van der Waals surface area (Å²) in [6, 6.07) is 16.1. The van der Waals surface area contributed by atoms with Crippen molar-refractivity contribution in [3.05, 3.63) is 65.4 Å². The fraction of sp³-hybridized carbons (Fsp3) is 0.407. The fourth-order valence-corrected chi connectivity index (χ4v) is 5.41. The zero-order valence-electron chi connectivity index (χ0n) is 19.1. The molecule has 1 N–H and O–H groups in total. The van der Waals surface area contributed by atoms with Crippen molar-refractivity contribution in [3.63, 3.8) is 0 Å². The average Bonchev–Trinajstić information content (AvgIpc) is 3.16. The molecule has 0 amide bonds. The van der Waals surface area contributed by atoms with Gasteiger partial charge in [-0.1, -0.05) is 38.5 Å². The molecule has 3 aromatic rings. The number of hydrogen-bond acceptors (Lipinski definition) is 4. The molecule has 3 atom stereocenters. The minimum absolute atomic E-state index is 0.129. The summed E-state index contributed by atoms with van der Waals surface area (Å²) in [5.41, 5.74) is 3.72. The lowest BCUT2D eigenvalue weighted by Gasteiger charge is -2.41. The molecule has 1 heterocycles. The number of aromatic nitrogens is 2. The van der Waals surface area contributed by atoms with Gasteiger partial charge in [0.2, 0.25) is 0 Å². The van der Waals surface area contributed by atoms with Crippen LogP contribution >= 0.6 is 0 Å². The number of rotatable bonds is 4. The molecule has 1 fully saturated rings. The van der Waals surface area contributed by atoms with E-state index >= 15 is 0 Å². The number of nitriles is 1. The van der Waals surface area contributed by atoms with E-state index in [0.717, 1.165) is 41.3 Å². The van der Waals surface area contributed by atoms with Crippen LogP contribution in [0.2, 0.25) is 0 Å². The maximum absolute atomic E-state index is 14.2. The maximum atomic E-state index is 14.2. The predicted molar refractivity (Wildman–Crippen MR) is 127 cm³/mol.